The van der Waals surface area contributed by atoms with Gasteiger partial charge < -0.3 is 19.6 Å². The van der Waals surface area contributed by atoms with E-state index in [1.165, 1.54) is 26.4 Å². The highest BCUT2D eigenvalue weighted by molar-refractivity contribution is 5.72. The number of methoxy groups -OCH3 is 2. The van der Waals surface area contributed by atoms with Gasteiger partial charge in [-0.2, -0.15) is 0 Å². The molecule has 2 N–H and O–H groups in total. The molecule has 0 amide bonds. The maximum absolute atomic E-state index is 10.8. The number of rotatable bonds is 5. The number of nitrogens with zero attached hydrogens (tertiary/aromatic N) is 2. The van der Waals surface area contributed by atoms with Gasteiger partial charge in [0, 0.05) is 29.0 Å². The molecule has 3 rings (SSSR count). The van der Waals surface area contributed by atoms with Crippen molar-refractivity contribution in [1.82, 2.24) is 9.97 Å². The fourth-order valence-corrected chi connectivity index (χ4v) is 2.65. The molecule has 2 aromatic carbocycles. The van der Waals surface area contributed by atoms with Crippen LogP contribution in [0.2, 0.25) is 0 Å². The smallest absolute Gasteiger partial charge is 0.269 e. The Morgan fingerprint density at radius 2 is 1.65 bits per heavy atom. The molecule has 0 aliphatic heterocycles. The first-order chi connectivity index (χ1) is 12.4. The summed E-state index contributed by atoms with van der Waals surface area (Å²) in [5.74, 6) is 1.05. The summed E-state index contributed by atoms with van der Waals surface area (Å²) in [4.78, 5) is 18.1. The van der Waals surface area contributed by atoms with E-state index in [0.717, 1.165) is 11.3 Å². The van der Waals surface area contributed by atoms with Gasteiger partial charge in [-0.15, -0.1) is 0 Å². The molecule has 8 heteroatoms. The Kier molecular flexibility index (Phi) is 4.49. The molecule has 1 heterocycles. The number of nitro groups is 1. The Balaban J connectivity index is 2.04. The number of hydrogen-bond donors (Lipinski definition) is 2. The number of aromatic nitrogens is 2. The van der Waals surface area contributed by atoms with Crippen LogP contribution in [0.5, 0.6) is 17.2 Å². The Labute approximate surface area is 149 Å². The molecule has 0 bridgehead atoms. The van der Waals surface area contributed by atoms with E-state index in [4.69, 9.17) is 9.47 Å². The van der Waals surface area contributed by atoms with Gasteiger partial charge in [0.05, 0.1) is 24.8 Å². The van der Waals surface area contributed by atoms with Crippen molar-refractivity contribution in [2.75, 3.05) is 14.2 Å². The highest BCUT2D eigenvalue weighted by Gasteiger charge is 2.17. The summed E-state index contributed by atoms with van der Waals surface area (Å²) in [6.07, 6.45) is 0. The molecule has 0 fully saturated rings. The normalized spacial score (nSPS) is 10.6. The summed E-state index contributed by atoms with van der Waals surface area (Å²) in [6.45, 7) is 1.86. The molecule has 0 aliphatic carbocycles. The van der Waals surface area contributed by atoms with E-state index < -0.39 is 4.92 Å². The zero-order valence-electron chi connectivity index (χ0n) is 14.4. The maximum Gasteiger partial charge on any atom is 0.269 e. The zero-order valence-corrected chi connectivity index (χ0v) is 14.4. The van der Waals surface area contributed by atoms with Gasteiger partial charge in [0.2, 0.25) is 5.75 Å². The van der Waals surface area contributed by atoms with Crippen LogP contribution in [0.15, 0.2) is 36.4 Å². The molecule has 26 heavy (non-hydrogen) atoms. The van der Waals surface area contributed by atoms with Crippen LogP contribution in [0.25, 0.3) is 22.6 Å². The second-order valence-electron chi connectivity index (χ2n) is 5.59. The summed E-state index contributed by atoms with van der Waals surface area (Å²) in [5.41, 5.74) is 2.91. The summed E-state index contributed by atoms with van der Waals surface area (Å²) < 4.78 is 10.4. The minimum atomic E-state index is -0.447. The van der Waals surface area contributed by atoms with Crippen molar-refractivity contribution < 1.29 is 19.5 Å². The number of aromatic hydroxyl groups is 1. The van der Waals surface area contributed by atoms with Gasteiger partial charge in [0.15, 0.2) is 11.5 Å². The van der Waals surface area contributed by atoms with Gasteiger partial charge in [0.25, 0.3) is 5.69 Å². The first-order valence-corrected chi connectivity index (χ1v) is 7.71. The van der Waals surface area contributed by atoms with Crippen molar-refractivity contribution in [1.29, 1.82) is 0 Å². The second kappa shape index (κ2) is 6.75. The first kappa shape index (κ1) is 17.3. The predicted molar refractivity (Wildman–Crippen MR) is 95.6 cm³/mol. The fraction of sp³-hybridized carbons (Fsp3) is 0.167. The predicted octanol–water partition coefficient (Wildman–Crippen LogP) is 3.68. The van der Waals surface area contributed by atoms with E-state index in [2.05, 4.69) is 9.97 Å². The Morgan fingerprint density at radius 1 is 1.08 bits per heavy atom. The molecule has 134 valence electrons. The van der Waals surface area contributed by atoms with Gasteiger partial charge in [0.1, 0.15) is 5.82 Å². The number of nitrogens with one attached hydrogen (secondary N) is 1. The van der Waals surface area contributed by atoms with E-state index in [1.807, 2.05) is 6.92 Å². The number of benzene rings is 2. The van der Waals surface area contributed by atoms with Crippen LogP contribution >= 0.6 is 0 Å². The van der Waals surface area contributed by atoms with Crippen molar-refractivity contribution in [3.05, 3.63) is 52.2 Å². The van der Waals surface area contributed by atoms with Crippen molar-refractivity contribution in [2.24, 2.45) is 0 Å². The van der Waals surface area contributed by atoms with Gasteiger partial charge in [-0.3, -0.25) is 10.1 Å². The quantitative estimate of drug-likeness (QED) is 0.533. The topological polar surface area (TPSA) is 111 Å². The number of non-ortho nitro benzene ring substituents is 1. The second-order valence-corrected chi connectivity index (χ2v) is 5.59. The monoisotopic (exact) mass is 355 g/mol. The number of aromatic amines is 1. The number of hydrogen-bond acceptors (Lipinski definition) is 6. The number of imidazole rings is 1. The van der Waals surface area contributed by atoms with E-state index >= 15 is 0 Å². The van der Waals surface area contributed by atoms with Gasteiger partial charge >= 0.3 is 0 Å². The Hall–Kier alpha value is -3.55. The van der Waals surface area contributed by atoms with Crippen molar-refractivity contribution in [2.45, 2.75) is 6.92 Å². The molecule has 8 nitrogen and oxygen atoms in total. The van der Waals surface area contributed by atoms with Crippen LogP contribution in [0, 0.1) is 17.0 Å². The summed E-state index contributed by atoms with van der Waals surface area (Å²) in [6, 6.07) is 9.47. The van der Waals surface area contributed by atoms with E-state index in [9.17, 15) is 15.2 Å². The highest BCUT2D eigenvalue weighted by Crippen LogP contribution is 2.40. The average molecular weight is 355 g/mol. The molecule has 1 aromatic heterocycles. The third-order valence-corrected chi connectivity index (χ3v) is 3.99. The molecular formula is C18H17N3O5. The van der Waals surface area contributed by atoms with Crippen LogP contribution in [0.3, 0.4) is 0 Å². The summed E-state index contributed by atoms with van der Waals surface area (Å²) in [7, 11) is 2.91. The maximum atomic E-state index is 10.8. The number of phenolic OH excluding ortho intramolecular Hbond substituents is 1. The number of H-pyrrole nitrogens is 1. The lowest BCUT2D eigenvalue weighted by Gasteiger charge is -2.10. The molecular weight excluding hydrogens is 338 g/mol. The lowest BCUT2D eigenvalue weighted by atomic mass is 10.1. The number of nitro benzene ring substituents is 1. The molecule has 0 spiro atoms. The number of aryl methyl sites for hydroxylation is 1. The zero-order chi connectivity index (χ0) is 18.8. The van der Waals surface area contributed by atoms with E-state index in [-0.39, 0.29) is 22.9 Å². The third-order valence-electron chi connectivity index (χ3n) is 3.99. The Bertz CT molecular complexity index is 938. The molecule has 0 radical (unpaired) electrons. The van der Waals surface area contributed by atoms with Gasteiger partial charge in [-0.1, -0.05) is 0 Å². The lowest BCUT2D eigenvalue weighted by molar-refractivity contribution is -0.384. The number of phenols is 1. The fourth-order valence-electron chi connectivity index (χ4n) is 2.65. The molecule has 0 unspecified atom stereocenters. The summed E-state index contributed by atoms with van der Waals surface area (Å²) >= 11 is 0. The first-order valence-electron chi connectivity index (χ1n) is 7.71. The van der Waals surface area contributed by atoms with Crippen molar-refractivity contribution in [3.63, 3.8) is 0 Å². The average Bonchev–Trinajstić information content (AvgIpc) is 3.03. The molecule has 0 saturated carbocycles. The van der Waals surface area contributed by atoms with Gasteiger partial charge in [-0.25, -0.2) is 4.98 Å². The van der Waals surface area contributed by atoms with Crippen molar-refractivity contribution in [3.8, 4) is 39.9 Å². The minimum absolute atomic E-state index is 0.0188. The SMILES string of the molecule is COc1cc(-c2nc(-c3ccc([N+](=O)[O-])cc3)[nH]c2C)cc(OC)c1O. The highest BCUT2D eigenvalue weighted by atomic mass is 16.6. The molecule has 0 atom stereocenters. The van der Waals surface area contributed by atoms with Crippen LogP contribution in [-0.4, -0.2) is 34.2 Å². The molecule has 0 aliphatic rings. The van der Waals surface area contributed by atoms with Crippen LogP contribution < -0.4 is 9.47 Å². The van der Waals surface area contributed by atoms with E-state index in [0.29, 0.717) is 17.1 Å². The largest absolute Gasteiger partial charge is 0.502 e. The van der Waals surface area contributed by atoms with Crippen molar-refractivity contribution >= 4 is 5.69 Å². The lowest BCUT2D eigenvalue weighted by Crippen LogP contribution is -1.91. The summed E-state index contributed by atoms with van der Waals surface area (Å²) in [5, 5.41) is 20.8. The third kappa shape index (κ3) is 3.04. The van der Waals surface area contributed by atoms with Crippen LogP contribution in [-0.2, 0) is 0 Å². The molecule has 0 saturated heterocycles. The van der Waals surface area contributed by atoms with Crippen LogP contribution in [0.1, 0.15) is 5.69 Å². The number of ether oxygens (including phenoxy) is 2. The van der Waals surface area contributed by atoms with Gasteiger partial charge in [-0.05, 0) is 31.2 Å². The minimum Gasteiger partial charge on any atom is -0.502 e. The standard InChI is InChI=1S/C18H17N3O5/c1-10-16(12-8-14(25-2)17(22)15(9-12)26-3)20-18(19-10)11-4-6-13(7-5-11)21(23)24/h4-9,22H,1-3H3,(H,19,20). The van der Waals surface area contributed by atoms with E-state index in [1.54, 1.807) is 24.3 Å². The molecule has 3 aromatic rings. The Morgan fingerprint density at radius 3 is 2.15 bits per heavy atom. The van der Waals surface area contributed by atoms with Crippen LogP contribution in [0.4, 0.5) is 5.69 Å².